The van der Waals surface area contributed by atoms with Crippen LogP contribution in [0.15, 0.2) is 24.4 Å². The monoisotopic (exact) mass is 290 g/mol. The lowest BCUT2D eigenvalue weighted by Crippen LogP contribution is -2.49. The number of pyridine rings is 1. The van der Waals surface area contributed by atoms with Gasteiger partial charge in [-0.1, -0.05) is 13.0 Å². The number of carbonyl (C=O) groups is 2. The predicted octanol–water partition coefficient (Wildman–Crippen LogP) is 2.12. The van der Waals surface area contributed by atoms with Gasteiger partial charge in [-0.15, -0.1) is 0 Å². The van der Waals surface area contributed by atoms with Gasteiger partial charge in [0.1, 0.15) is 0 Å². The Balaban J connectivity index is 1.94. The largest absolute Gasteiger partial charge is 0.481 e. The van der Waals surface area contributed by atoms with Gasteiger partial charge in [0.05, 0.1) is 5.41 Å². The lowest BCUT2D eigenvalue weighted by atomic mass is 9.77. The van der Waals surface area contributed by atoms with Crippen molar-refractivity contribution in [1.29, 1.82) is 0 Å². The molecule has 5 heteroatoms. The third kappa shape index (κ3) is 3.60. The van der Waals surface area contributed by atoms with Crippen LogP contribution >= 0.6 is 0 Å². The number of aliphatic carboxylic acids is 1. The van der Waals surface area contributed by atoms with Crippen molar-refractivity contribution in [3.8, 4) is 0 Å². The molecular weight excluding hydrogens is 268 g/mol. The Labute approximate surface area is 125 Å². The smallest absolute Gasteiger partial charge is 0.311 e. The number of aryl methyl sites for hydroxylation is 1. The maximum absolute atomic E-state index is 12.3. The molecule has 114 valence electrons. The molecule has 21 heavy (non-hydrogen) atoms. The molecule has 5 nitrogen and oxygen atoms in total. The Hall–Kier alpha value is -1.91. The minimum atomic E-state index is -0.785. The van der Waals surface area contributed by atoms with Gasteiger partial charge in [0, 0.05) is 31.4 Å². The molecule has 0 spiro atoms. The van der Waals surface area contributed by atoms with Gasteiger partial charge in [-0.3, -0.25) is 14.6 Å². The first-order chi connectivity index (χ1) is 10.1. The van der Waals surface area contributed by atoms with Crippen LogP contribution in [0, 0.1) is 5.41 Å². The van der Waals surface area contributed by atoms with Crippen molar-refractivity contribution in [2.75, 3.05) is 13.1 Å². The molecule has 0 saturated carbocycles. The Morgan fingerprint density at radius 2 is 2.24 bits per heavy atom. The molecule has 1 fully saturated rings. The zero-order valence-corrected chi connectivity index (χ0v) is 12.4. The maximum Gasteiger partial charge on any atom is 0.311 e. The van der Waals surface area contributed by atoms with Gasteiger partial charge in [0.15, 0.2) is 0 Å². The molecule has 1 amide bonds. The molecule has 0 radical (unpaired) electrons. The number of likely N-dealkylation sites (tertiary alicyclic amines) is 1. The Morgan fingerprint density at radius 1 is 1.43 bits per heavy atom. The van der Waals surface area contributed by atoms with Gasteiger partial charge >= 0.3 is 5.97 Å². The first-order valence-corrected chi connectivity index (χ1v) is 7.48. The van der Waals surface area contributed by atoms with Crippen LogP contribution in [-0.2, 0) is 16.0 Å². The van der Waals surface area contributed by atoms with E-state index in [0.29, 0.717) is 38.8 Å². The van der Waals surface area contributed by atoms with Crippen LogP contribution in [0.2, 0.25) is 0 Å². The number of hydrogen-bond acceptors (Lipinski definition) is 3. The summed E-state index contributed by atoms with van der Waals surface area (Å²) < 4.78 is 0. The first-order valence-electron chi connectivity index (χ1n) is 7.48. The van der Waals surface area contributed by atoms with Crippen LogP contribution in [0.5, 0.6) is 0 Å². The molecular formula is C16H22N2O3. The van der Waals surface area contributed by atoms with Gasteiger partial charge in [0.25, 0.3) is 0 Å². The Bertz CT molecular complexity index is 504. The normalized spacial score (nSPS) is 22.0. The van der Waals surface area contributed by atoms with E-state index in [1.54, 1.807) is 11.1 Å². The van der Waals surface area contributed by atoms with Crippen molar-refractivity contribution in [1.82, 2.24) is 9.88 Å². The minimum absolute atomic E-state index is 0.0272. The van der Waals surface area contributed by atoms with Gasteiger partial charge in [-0.25, -0.2) is 0 Å². The summed E-state index contributed by atoms with van der Waals surface area (Å²) in [4.78, 5) is 29.7. The Morgan fingerprint density at radius 3 is 2.86 bits per heavy atom. The number of hydrogen-bond donors (Lipinski definition) is 1. The van der Waals surface area contributed by atoms with Crippen molar-refractivity contribution in [2.45, 2.75) is 39.0 Å². The van der Waals surface area contributed by atoms with E-state index >= 15 is 0 Å². The molecule has 1 saturated heterocycles. The third-order valence-electron chi connectivity index (χ3n) is 4.38. The SMILES string of the molecule is CCC1(C(=O)O)CCCN(C(=O)CCc2ccccn2)C1. The molecule has 0 aliphatic carbocycles. The van der Waals surface area contributed by atoms with Crippen LogP contribution in [0.3, 0.4) is 0 Å². The second kappa shape index (κ2) is 6.70. The average molecular weight is 290 g/mol. The molecule has 1 aromatic rings. The zero-order chi connectivity index (χ0) is 15.3. The second-order valence-electron chi connectivity index (χ2n) is 5.68. The number of carbonyl (C=O) groups excluding carboxylic acids is 1. The molecule has 1 unspecified atom stereocenters. The van der Waals surface area contributed by atoms with Gasteiger partial charge in [0.2, 0.25) is 5.91 Å². The van der Waals surface area contributed by atoms with E-state index in [-0.39, 0.29) is 5.91 Å². The molecule has 2 rings (SSSR count). The van der Waals surface area contributed by atoms with Crippen molar-refractivity contribution in [3.05, 3.63) is 30.1 Å². The number of carboxylic acid groups (broad SMARTS) is 1. The van der Waals surface area contributed by atoms with E-state index in [2.05, 4.69) is 4.98 Å². The second-order valence-corrected chi connectivity index (χ2v) is 5.68. The summed E-state index contributed by atoms with van der Waals surface area (Å²) in [6.07, 6.45) is 4.68. The molecule has 1 atom stereocenters. The number of amides is 1. The summed E-state index contributed by atoms with van der Waals surface area (Å²) in [5, 5.41) is 9.45. The van der Waals surface area contributed by atoms with Crippen molar-refractivity contribution in [3.63, 3.8) is 0 Å². The number of aromatic nitrogens is 1. The van der Waals surface area contributed by atoms with Crippen LogP contribution in [0.1, 0.15) is 38.3 Å². The van der Waals surface area contributed by atoms with Gasteiger partial charge < -0.3 is 10.0 Å². The molecule has 1 aliphatic heterocycles. The number of piperidine rings is 1. The van der Waals surface area contributed by atoms with Crippen molar-refractivity contribution in [2.24, 2.45) is 5.41 Å². The molecule has 1 aromatic heterocycles. The standard InChI is InChI=1S/C16H22N2O3/c1-2-16(15(20)21)9-5-11-18(12-16)14(19)8-7-13-6-3-4-10-17-13/h3-4,6,10H,2,5,7-9,11-12H2,1H3,(H,20,21). The zero-order valence-electron chi connectivity index (χ0n) is 12.4. The fourth-order valence-corrected chi connectivity index (χ4v) is 2.90. The Kier molecular flexibility index (Phi) is 4.94. The fraction of sp³-hybridized carbons (Fsp3) is 0.562. The maximum atomic E-state index is 12.3. The topological polar surface area (TPSA) is 70.5 Å². The van der Waals surface area contributed by atoms with E-state index < -0.39 is 11.4 Å². The highest BCUT2D eigenvalue weighted by Crippen LogP contribution is 2.33. The van der Waals surface area contributed by atoms with Crippen LogP contribution in [0.4, 0.5) is 0 Å². The summed E-state index contributed by atoms with van der Waals surface area (Å²) in [5.74, 6) is -0.758. The number of rotatable bonds is 5. The summed E-state index contributed by atoms with van der Waals surface area (Å²) in [6, 6.07) is 5.65. The average Bonchev–Trinajstić information content (AvgIpc) is 2.53. The lowest BCUT2D eigenvalue weighted by Gasteiger charge is -2.39. The van der Waals surface area contributed by atoms with E-state index in [1.165, 1.54) is 0 Å². The molecule has 1 N–H and O–H groups in total. The number of nitrogens with zero attached hydrogens (tertiary/aromatic N) is 2. The third-order valence-corrected chi connectivity index (χ3v) is 4.38. The van der Waals surface area contributed by atoms with Crippen molar-refractivity contribution >= 4 is 11.9 Å². The molecule has 0 bridgehead atoms. The summed E-state index contributed by atoms with van der Waals surface area (Å²) in [6.45, 7) is 2.88. The van der Waals surface area contributed by atoms with E-state index in [0.717, 1.165) is 12.1 Å². The minimum Gasteiger partial charge on any atom is -0.481 e. The van der Waals surface area contributed by atoms with Crippen molar-refractivity contribution < 1.29 is 14.7 Å². The van der Waals surface area contributed by atoms with Crippen LogP contribution in [-0.4, -0.2) is 40.0 Å². The molecule has 1 aliphatic rings. The van der Waals surface area contributed by atoms with E-state index in [1.807, 2.05) is 25.1 Å². The number of carboxylic acids is 1. The lowest BCUT2D eigenvalue weighted by molar-refractivity contribution is -0.155. The summed E-state index contributed by atoms with van der Waals surface area (Å²) in [7, 11) is 0. The molecule has 2 heterocycles. The quantitative estimate of drug-likeness (QED) is 0.901. The highest BCUT2D eigenvalue weighted by molar-refractivity contribution is 5.79. The first kappa shape index (κ1) is 15.5. The van der Waals surface area contributed by atoms with E-state index in [4.69, 9.17) is 0 Å². The summed E-state index contributed by atoms with van der Waals surface area (Å²) in [5.41, 5.74) is 0.127. The molecule has 0 aromatic carbocycles. The van der Waals surface area contributed by atoms with Crippen LogP contribution < -0.4 is 0 Å². The van der Waals surface area contributed by atoms with Gasteiger partial charge in [-0.05, 0) is 37.8 Å². The van der Waals surface area contributed by atoms with E-state index in [9.17, 15) is 14.7 Å². The summed E-state index contributed by atoms with van der Waals surface area (Å²) >= 11 is 0. The fourth-order valence-electron chi connectivity index (χ4n) is 2.90. The van der Waals surface area contributed by atoms with Gasteiger partial charge in [-0.2, -0.15) is 0 Å². The van der Waals surface area contributed by atoms with Crippen LogP contribution in [0.25, 0.3) is 0 Å². The predicted molar refractivity (Wildman–Crippen MR) is 78.7 cm³/mol. The highest BCUT2D eigenvalue weighted by atomic mass is 16.4. The highest BCUT2D eigenvalue weighted by Gasteiger charge is 2.41.